The minimum absolute atomic E-state index is 0.0960. The monoisotopic (exact) mass is 186 g/mol. The number of ether oxygens (including phenoxy) is 1. The van der Waals surface area contributed by atoms with Crippen LogP contribution >= 0.6 is 0 Å². The number of carbonyl (C=O) groups is 1. The molecule has 0 saturated carbocycles. The molecule has 1 atom stereocenters. The molecule has 1 aliphatic rings. The largest absolute Gasteiger partial charge is 0.375 e. The van der Waals surface area contributed by atoms with Crippen molar-refractivity contribution in [2.24, 2.45) is 0 Å². The van der Waals surface area contributed by atoms with E-state index in [0.29, 0.717) is 6.04 Å². The summed E-state index contributed by atoms with van der Waals surface area (Å²) in [4.78, 5) is 13.4. The number of rotatable bonds is 2. The first-order chi connectivity index (χ1) is 6.25. The standard InChI is InChI=1S/C9H18N2O2/c1-8-3-4-10-5-6-11(8)9(12)7-13-2/h8,10H,3-7H2,1-2H3. The van der Waals surface area contributed by atoms with Crippen LogP contribution in [0, 0.1) is 0 Å². The van der Waals surface area contributed by atoms with Gasteiger partial charge in [-0.15, -0.1) is 0 Å². The number of carbonyl (C=O) groups excluding carboxylic acids is 1. The van der Waals surface area contributed by atoms with Gasteiger partial charge < -0.3 is 15.0 Å². The second-order valence-electron chi connectivity index (χ2n) is 3.41. The number of hydrogen-bond acceptors (Lipinski definition) is 3. The van der Waals surface area contributed by atoms with Crippen LogP contribution in [-0.4, -0.2) is 50.2 Å². The maximum Gasteiger partial charge on any atom is 0.248 e. The predicted molar refractivity (Wildman–Crippen MR) is 50.5 cm³/mol. The van der Waals surface area contributed by atoms with E-state index >= 15 is 0 Å². The van der Waals surface area contributed by atoms with Gasteiger partial charge >= 0.3 is 0 Å². The molecule has 4 nitrogen and oxygen atoms in total. The Labute approximate surface area is 79.2 Å². The van der Waals surface area contributed by atoms with Gasteiger partial charge in [0.2, 0.25) is 5.91 Å². The summed E-state index contributed by atoms with van der Waals surface area (Å²) in [5.41, 5.74) is 0. The zero-order valence-electron chi connectivity index (χ0n) is 8.38. The van der Waals surface area contributed by atoms with Gasteiger partial charge in [0.25, 0.3) is 0 Å². The van der Waals surface area contributed by atoms with Crippen molar-refractivity contribution in [3.63, 3.8) is 0 Å². The second kappa shape index (κ2) is 5.19. The Morgan fingerprint density at radius 2 is 2.38 bits per heavy atom. The van der Waals surface area contributed by atoms with Gasteiger partial charge in [-0.1, -0.05) is 0 Å². The molecule has 1 saturated heterocycles. The van der Waals surface area contributed by atoms with E-state index in [9.17, 15) is 4.79 Å². The molecule has 0 aromatic rings. The molecule has 1 amide bonds. The van der Waals surface area contributed by atoms with Crippen molar-refractivity contribution in [1.29, 1.82) is 0 Å². The summed E-state index contributed by atoms with van der Waals surface area (Å²) in [6.07, 6.45) is 1.02. The smallest absolute Gasteiger partial charge is 0.248 e. The number of amides is 1. The number of methoxy groups -OCH3 is 1. The lowest BCUT2D eigenvalue weighted by Gasteiger charge is -2.26. The summed E-state index contributed by atoms with van der Waals surface area (Å²) >= 11 is 0. The lowest BCUT2D eigenvalue weighted by molar-refractivity contribution is -0.136. The quantitative estimate of drug-likeness (QED) is 0.651. The van der Waals surface area contributed by atoms with Crippen molar-refractivity contribution in [2.45, 2.75) is 19.4 Å². The molecule has 76 valence electrons. The van der Waals surface area contributed by atoms with Gasteiger partial charge in [-0.05, 0) is 19.9 Å². The fourth-order valence-electron chi connectivity index (χ4n) is 1.59. The first-order valence-electron chi connectivity index (χ1n) is 4.75. The van der Waals surface area contributed by atoms with Crippen molar-refractivity contribution < 1.29 is 9.53 Å². The molecule has 1 rings (SSSR count). The first kappa shape index (κ1) is 10.5. The molecule has 0 bridgehead atoms. The summed E-state index contributed by atoms with van der Waals surface area (Å²) in [7, 11) is 1.55. The number of hydrogen-bond donors (Lipinski definition) is 1. The maximum atomic E-state index is 11.5. The normalized spacial score (nSPS) is 24.2. The van der Waals surface area contributed by atoms with E-state index < -0.39 is 0 Å². The molecule has 1 aliphatic heterocycles. The van der Waals surface area contributed by atoms with Gasteiger partial charge in [0.15, 0.2) is 0 Å². The highest BCUT2D eigenvalue weighted by molar-refractivity contribution is 5.77. The summed E-state index contributed by atoms with van der Waals surface area (Å²) in [5, 5.41) is 3.27. The van der Waals surface area contributed by atoms with Crippen LogP contribution in [-0.2, 0) is 9.53 Å². The third-order valence-corrected chi connectivity index (χ3v) is 2.39. The molecular formula is C9H18N2O2. The molecule has 13 heavy (non-hydrogen) atoms. The Morgan fingerprint density at radius 3 is 3.08 bits per heavy atom. The van der Waals surface area contributed by atoms with Crippen LogP contribution in [0.4, 0.5) is 0 Å². The van der Waals surface area contributed by atoms with Crippen molar-refractivity contribution in [3.8, 4) is 0 Å². The average molecular weight is 186 g/mol. The zero-order valence-corrected chi connectivity index (χ0v) is 8.38. The first-order valence-corrected chi connectivity index (χ1v) is 4.75. The molecule has 0 aromatic carbocycles. The highest BCUT2D eigenvalue weighted by atomic mass is 16.5. The Morgan fingerprint density at radius 1 is 1.62 bits per heavy atom. The minimum Gasteiger partial charge on any atom is -0.375 e. The van der Waals surface area contributed by atoms with E-state index in [4.69, 9.17) is 4.74 Å². The van der Waals surface area contributed by atoms with Gasteiger partial charge in [0, 0.05) is 26.2 Å². The van der Waals surface area contributed by atoms with E-state index in [1.165, 1.54) is 0 Å². The van der Waals surface area contributed by atoms with Crippen LogP contribution in [0.2, 0.25) is 0 Å². The Bertz CT molecular complexity index is 173. The summed E-state index contributed by atoms with van der Waals surface area (Å²) in [6.45, 7) is 4.96. The molecule has 0 radical (unpaired) electrons. The van der Waals surface area contributed by atoms with Crippen LogP contribution in [0.25, 0.3) is 0 Å². The Kier molecular flexibility index (Phi) is 4.18. The SMILES string of the molecule is COCC(=O)N1CCNCCC1C. The lowest BCUT2D eigenvalue weighted by atomic mass is 10.2. The van der Waals surface area contributed by atoms with Crippen LogP contribution < -0.4 is 5.32 Å². The average Bonchev–Trinajstić information content (AvgIpc) is 2.30. The molecule has 1 fully saturated rings. The predicted octanol–water partition coefficient (Wildman–Crippen LogP) is -0.157. The van der Waals surface area contributed by atoms with E-state index in [0.717, 1.165) is 26.1 Å². The van der Waals surface area contributed by atoms with Crippen LogP contribution in [0.1, 0.15) is 13.3 Å². The number of nitrogens with one attached hydrogen (secondary N) is 1. The molecule has 1 N–H and O–H groups in total. The Balaban J connectivity index is 2.48. The van der Waals surface area contributed by atoms with Crippen molar-refractivity contribution in [1.82, 2.24) is 10.2 Å². The van der Waals surface area contributed by atoms with Gasteiger partial charge in [0.1, 0.15) is 6.61 Å². The Hall–Kier alpha value is -0.610. The van der Waals surface area contributed by atoms with Crippen molar-refractivity contribution in [3.05, 3.63) is 0 Å². The van der Waals surface area contributed by atoms with Gasteiger partial charge in [0.05, 0.1) is 0 Å². The number of nitrogens with zero attached hydrogens (tertiary/aromatic N) is 1. The third-order valence-electron chi connectivity index (χ3n) is 2.39. The molecule has 0 aromatic heterocycles. The molecule has 0 spiro atoms. The van der Waals surface area contributed by atoms with Gasteiger partial charge in [-0.3, -0.25) is 4.79 Å². The van der Waals surface area contributed by atoms with Gasteiger partial charge in [-0.25, -0.2) is 0 Å². The van der Waals surface area contributed by atoms with Crippen molar-refractivity contribution >= 4 is 5.91 Å². The molecule has 1 heterocycles. The fourth-order valence-corrected chi connectivity index (χ4v) is 1.59. The highest BCUT2D eigenvalue weighted by Gasteiger charge is 2.20. The maximum absolute atomic E-state index is 11.5. The van der Waals surface area contributed by atoms with Crippen LogP contribution in [0.15, 0.2) is 0 Å². The summed E-state index contributed by atoms with van der Waals surface area (Å²) in [5.74, 6) is 0.0960. The molecule has 4 heteroatoms. The fraction of sp³-hybridized carbons (Fsp3) is 0.889. The molecule has 0 aliphatic carbocycles. The van der Waals surface area contributed by atoms with Gasteiger partial charge in [-0.2, -0.15) is 0 Å². The van der Waals surface area contributed by atoms with E-state index in [1.807, 2.05) is 4.90 Å². The summed E-state index contributed by atoms with van der Waals surface area (Å²) < 4.78 is 4.83. The van der Waals surface area contributed by atoms with Crippen LogP contribution in [0.3, 0.4) is 0 Å². The molecule has 1 unspecified atom stereocenters. The van der Waals surface area contributed by atoms with Crippen LogP contribution in [0.5, 0.6) is 0 Å². The lowest BCUT2D eigenvalue weighted by Crippen LogP contribution is -2.41. The second-order valence-corrected chi connectivity index (χ2v) is 3.41. The zero-order chi connectivity index (χ0) is 9.68. The summed E-state index contributed by atoms with van der Waals surface area (Å²) in [6, 6.07) is 0.331. The third kappa shape index (κ3) is 2.97. The van der Waals surface area contributed by atoms with E-state index in [2.05, 4.69) is 12.2 Å². The highest BCUT2D eigenvalue weighted by Crippen LogP contribution is 2.06. The van der Waals surface area contributed by atoms with E-state index in [1.54, 1.807) is 7.11 Å². The van der Waals surface area contributed by atoms with E-state index in [-0.39, 0.29) is 12.5 Å². The topological polar surface area (TPSA) is 41.6 Å². The minimum atomic E-state index is 0.0960. The van der Waals surface area contributed by atoms with Crippen molar-refractivity contribution in [2.75, 3.05) is 33.4 Å². The molecular weight excluding hydrogens is 168 g/mol.